The molecule has 2 aromatic carbocycles. The van der Waals surface area contributed by atoms with Crippen molar-refractivity contribution >= 4 is 32.7 Å². The summed E-state index contributed by atoms with van der Waals surface area (Å²) in [5.74, 6) is -0.481. The van der Waals surface area contributed by atoms with Crippen LogP contribution in [0.2, 0.25) is 0 Å². The standard InChI is InChI=1S/C16H14F3IO5S/c1-24-13-9-6-11(5-2-10-3-7-12(21)8-4-10)14(20)15(13)25-26(22,23)16(17,18)19/h3-4,6-9,21H,2,5H2,1H3. The minimum Gasteiger partial charge on any atom is -0.508 e. The van der Waals surface area contributed by atoms with E-state index >= 15 is 0 Å². The van der Waals surface area contributed by atoms with Crippen LogP contribution in [0.3, 0.4) is 0 Å². The highest BCUT2D eigenvalue weighted by Gasteiger charge is 2.49. The zero-order chi connectivity index (χ0) is 19.5. The summed E-state index contributed by atoms with van der Waals surface area (Å²) in [7, 11) is -4.60. The first-order valence-electron chi connectivity index (χ1n) is 7.19. The van der Waals surface area contributed by atoms with Gasteiger partial charge in [0.05, 0.1) is 10.7 Å². The molecule has 10 heteroatoms. The monoisotopic (exact) mass is 502 g/mol. The second kappa shape index (κ2) is 7.91. The zero-order valence-corrected chi connectivity index (χ0v) is 16.4. The van der Waals surface area contributed by atoms with Crippen LogP contribution in [0.15, 0.2) is 36.4 Å². The first kappa shape index (κ1) is 20.6. The molecule has 0 radical (unpaired) electrons. The lowest BCUT2D eigenvalue weighted by Crippen LogP contribution is -2.28. The molecule has 1 N–H and O–H groups in total. The van der Waals surface area contributed by atoms with Gasteiger partial charge in [0.2, 0.25) is 0 Å². The summed E-state index contributed by atoms with van der Waals surface area (Å²) in [5, 5.41) is 9.27. The lowest BCUT2D eigenvalue weighted by Gasteiger charge is -2.16. The van der Waals surface area contributed by atoms with E-state index in [1.807, 2.05) is 0 Å². The third kappa shape index (κ3) is 4.72. The average molecular weight is 502 g/mol. The smallest absolute Gasteiger partial charge is 0.508 e. The number of phenols is 1. The second-order valence-corrected chi connectivity index (χ2v) is 7.84. The van der Waals surface area contributed by atoms with Gasteiger partial charge < -0.3 is 14.0 Å². The summed E-state index contributed by atoms with van der Waals surface area (Å²) in [6, 6.07) is 9.48. The molecule has 0 heterocycles. The number of phenolic OH excluding ortho intramolecular Hbond substituents is 1. The van der Waals surface area contributed by atoms with Crippen molar-refractivity contribution in [1.82, 2.24) is 0 Å². The lowest BCUT2D eigenvalue weighted by molar-refractivity contribution is -0.0500. The number of ether oxygens (including phenoxy) is 1. The highest BCUT2D eigenvalue weighted by Crippen LogP contribution is 2.38. The molecule has 0 fully saturated rings. The van der Waals surface area contributed by atoms with Crippen molar-refractivity contribution in [3.8, 4) is 17.2 Å². The van der Waals surface area contributed by atoms with Crippen LogP contribution in [0, 0.1) is 3.57 Å². The summed E-state index contributed by atoms with van der Waals surface area (Å²) >= 11 is 1.73. The number of aryl methyl sites for hydroxylation is 2. The molecule has 0 saturated heterocycles. The first-order valence-corrected chi connectivity index (χ1v) is 9.68. The number of hydrogen-bond acceptors (Lipinski definition) is 5. The third-order valence-electron chi connectivity index (χ3n) is 3.46. The van der Waals surface area contributed by atoms with Gasteiger partial charge in [-0.15, -0.1) is 0 Å². The van der Waals surface area contributed by atoms with Gasteiger partial charge in [0.25, 0.3) is 0 Å². The third-order valence-corrected chi connectivity index (χ3v) is 5.59. The maximum absolute atomic E-state index is 12.6. The fourth-order valence-electron chi connectivity index (χ4n) is 2.11. The van der Waals surface area contributed by atoms with Gasteiger partial charge in [0, 0.05) is 0 Å². The number of benzene rings is 2. The molecular formula is C16H14F3IO5S. The number of halogens is 4. The highest BCUT2D eigenvalue weighted by molar-refractivity contribution is 14.1. The molecule has 5 nitrogen and oxygen atoms in total. The highest BCUT2D eigenvalue weighted by atomic mass is 127. The van der Waals surface area contributed by atoms with Gasteiger partial charge in [-0.2, -0.15) is 21.6 Å². The van der Waals surface area contributed by atoms with E-state index in [0.717, 1.165) is 5.56 Å². The van der Waals surface area contributed by atoms with Crippen molar-refractivity contribution in [2.24, 2.45) is 0 Å². The zero-order valence-electron chi connectivity index (χ0n) is 13.4. The predicted molar refractivity (Wildman–Crippen MR) is 96.8 cm³/mol. The number of methoxy groups -OCH3 is 1. The maximum atomic E-state index is 12.6. The molecule has 2 aromatic rings. The normalized spacial score (nSPS) is 12.0. The molecule has 0 aliphatic rings. The van der Waals surface area contributed by atoms with Crippen LogP contribution >= 0.6 is 22.6 Å². The predicted octanol–water partition coefficient (Wildman–Crippen LogP) is 4.02. The van der Waals surface area contributed by atoms with Crippen molar-refractivity contribution in [2.45, 2.75) is 18.3 Å². The molecule has 0 aliphatic carbocycles. The van der Waals surface area contributed by atoms with Gasteiger partial charge in [-0.3, -0.25) is 0 Å². The van der Waals surface area contributed by atoms with Crippen molar-refractivity contribution in [1.29, 1.82) is 0 Å². The van der Waals surface area contributed by atoms with Crippen LogP contribution in [0.5, 0.6) is 17.2 Å². The maximum Gasteiger partial charge on any atom is 0.534 e. The number of rotatable bonds is 6. The molecule has 2 rings (SSSR count). The van der Waals surface area contributed by atoms with Gasteiger partial charge in [-0.1, -0.05) is 18.2 Å². The van der Waals surface area contributed by atoms with Gasteiger partial charge in [-0.25, -0.2) is 0 Å². The van der Waals surface area contributed by atoms with Gasteiger partial charge in [-0.05, 0) is 64.8 Å². The number of hydrogen-bond donors (Lipinski definition) is 1. The fraction of sp³-hybridized carbons (Fsp3) is 0.250. The topological polar surface area (TPSA) is 72.8 Å². The average Bonchev–Trinajstić information content (AvgIpc) is 2.56. The summed E-state index contributed by atoms with van der Waals surface area (Å²) in [6.45, 7) is 0. The van der Waals surface area contributed by atoms with E-state index in [2.05, 4.69) is 4.18 Å². The van der Waals surface area contributed by atoms with E-state index in [9.17, 15) is 26.7 Å². The van der Waals surface area contributed by atoms with E-state index in [0.29, 0.717) is 18.4 Å². The van der Waals surface area contributed by atoms with E-state index in [4.69, 9.17) is 4.74 Å². The van der Waals surface area contributed by atoms with E-state index in [1.54, 1.807) is 40.8 Å². The van der Waals surface area contributed by atoms with Gasteiger partial charge in [0.15, 0.2) is 11.5 Å². The Kier molecular flexibility index (Phi) is 6.27. The quantitative estimate of drug-likeness (QED) is 0.367. The Bertz CT molecular complexity index is 880. The number of aromatic hydroxyl groups is 1. The van der Waals surface area contributed by atoms with Gasteiger partial charge in [0.1, 0.15) is 5.75 Å². The van der Waals surface area contributed by atoms with Crippen LogP contribution in [-0.4, -0.2) is 26.1 Å². The van der Waals surface area contributed by atoms with Crippen LogP contribution in [0.4, 0.5) is 13.2 Å². The van der Waals surface area contributed by atoms with Gasteiger partial charge >= 0.3 is 15.6 Å². The largest absolute Gasteiger partial charge is 0.534 e. The Morgan fingerprint density at radius 1 is 1.08 bits per heavy atom. The molecule has 0 aliphatic heterocycles. The SMILES string of the molecule is COc1ccc(CCc2ccc(O)cc2)c(I)c1OS(=O)(=O)C(F)(F)F. The minimum atomic E-state index is -5.81. The van der Waals surface area contributed by atoms with E-state index in [-0.39, 0.29) is 15.1 Å². The van der Waals surface area contributed by atoms with E-state index in [1.165, 1.54) is 25.3 Å². The van der Waals surface area contributed by atoms with Crippen molar-refractivity contribution in [3.05, 3.63) is 51.1 Å². The summed E-state index contributed by atoms with van der Waals surface area (Å²) in [5.41, 5.74) is -4.03. The Labute approximate surface area is 162 Å². The minimum absolute atomic E-state index is 0.115. The molecule has 0 amide bonds. The van der Waals surface area contributed by atoms with Crippen LogP contribution in [-0.2, 0) is 23.0 Å². The molecule has 0 unspecified atom stereocenters. The van der Waals surface area contributed by atoms with Crippen molar-refractivity contribution < 1.29 is 35.6 Å². The lowest BCUT2D eigenvalue weighted by atomic mass is 10.0. The second-order valence-electron chi connectivity index (χ2n) is 5.22. The fourth-order valence-corrected chi connectivity index (χ4v) is 3.56. The summed E-state index contributed by atoms with van der Waals surface area (Å²) in [6.07, 6.45) is 0.962. The number of alkyl halides is 3. The molecule has 26 heavy (non-hydrogen) atoms. The Hall–Kier alpha value is -1.69. The Morgan fingerprint density at radius 2 is 1.69 bits per heavy atom. The Balaban J connectivity index is 2.31. The van der Waals surface area contributed by atoms with Crippen LogP contribution in [0.25, 0.3) is 0 Å². The molecule has 142 valence electrons. The van der Waals surface area contributed by atoms with Crippen LogP contribution < -0.4 is 8.92 Å². The molecular weight excluding hydrogens is 488 g/mol. The molecule has 0 bridgehead atoms. The van der Waals surface area contributed by atoms with Crippen molar-refractivity contribution in [3.63, 3.8) is 0 Å². The van der Waals surface area contributed by atoms with Crippen LogP contribution in [0.1, 0.15) is 11.1 Å². The first-order chi connectivity index (χ1) is 12.0. The van der Waals surface area contributed by atoms with E-state index < -0.39 is 21.4 Å². The summed E-state index contributed by atoms with van der Waals surface area (Å²) < 4.78 is 70.0. The van der Waals surface area contributed by atoms with Crippen molar-refractivity contribution in [2.75, 3.05) is 7.11 Å². The molecule has 0 spiro atoms. The molecule has 0 aromatic heterocycles. The molecule has 0 atom stereocenters. The summed E-state index contributed by atoms with van der Waals surface area (Å²) in [4.78, 5) is 0. The molecule has 0 saturated carbocycles. The Morgan fingerprint density at radius 3 is 2.23 bits per heavy atom.